The van der Waals surface area contributed by atoms with Crippen LogP contribution in [0.5, 0.6) is 0 Å². The van der Waals surface area contributed by atoms with Crippen molar-refractivity contribution in [1.29, 1.82) is 0 Å². The van der Waals surface area contributed by atoms with Crippen LogP contribution < -0.4 is 25.8 Å². The van der Waals surface area contributed by atoms with E-state index in [4.69, 9.17) is 14.9 Å². The largest absolute Gasteiger partial charge is 0.384 e. The Balaban J connectivity index is 0.000000185. The Morgan fingerprint density at radius 3 is 1.56 bits per heavy atom. The van der Waals surface area contributed by atoms with Crippen molar-refractivity contribution in [2.24, 2.45) is 0 Å². The van der Waals surface area contributed by atoms with E-state index < -0.39 is 0 Å². The topological polar surface area (TPSA) is 150 Å². The maximum absolute atomic E-state index is 5.21. The van der Waals surface area contributed by atoms with Crippen LogP contribution in [0.4, 0.5) is 23.0 Å². The van der Waals surface area contributed by atoms with E-state index in [9.17, 15) is 0 Å². The molecular weight excluding hydrogens is 836 g/mol. The second-order valence-corrected chi connectivity index (χ2v) is 16.4. The molecule has 17 heteroatoms. The van der Waals surface area contributed by atoms with E-state index in [-0.39, 0.29) is 0 Å². The van der Waals surface area contributed by atoms with Crippen LogP contribution in [0.3, 0.4) is 0 Å². The van der Waals surface area contributed by atoms with Gasteiger partial charge in [-0.2, -0.15) is 9.03 Å². The molecule has 61 heavy (non-hydrogen) atoms. The molecule has 0 spiro atoms. The monoisotopic (exact) mass is 898 g/mol. The standard InChI is InChI=1S/C22H31N7O.C19H25N7.C3H7BrO/c1-17-24-25-22-20(23-19-9-11-28(12-10-19)13-14-30-3)15-21(26-29(17)22)27(2)16-18-7-5-4-6-8-18;1-14-22-23-19-17(21-16-8-10-20-11-9-16)12-18(24-26(14)19)25(2)13-15-6-4-3-5-7-15;1-5-3-2-4/h4-8,15,19,23H,9-14,16H2,1-3H3;3-7,12,16,20-21H,8-11,13H2,1-2H3;2-3H2,1H3. The first kappa shape index (κ1) is 45.6. The molecule has 0 saturated carbocycles. The third-order valence-electron chi connectivity index (χ3n) is 10.9. The molecular formula is C44H63BrN14O2. The summed E-state index contributed by atoms with van der Waals surface area (Å²) in [5.41, 5.74) is 6.08. The quantitative estimate of drug-likeness (QED) is 0.106. The van der Waals surface area contributed by atoms with Crippen molar-refractivity contribution in [3.63, 3.8) is 0 Å². The number of hydrogen-bond donors (Lipinski definition) is 3. The minimum absolute atomic E-state index is 0.416. The van der Waals surface area contributed by atoms with Crippen LogP contribution in [0.1, 0.15) is 48.5 Å². The molecule has 6 heterocycles. The van der Waals surface area contributed by atoms with Gasteiger partial charge in [-0.05, 0) is 63.7 Å². The van der Waals surface area contributed by atoms with Crippen molar-refractivity contribution < 1.29 is 9.47 Å². The van der Waals surface area contributed by atoms with E-state index in [1.54, 1.807) is 14.2 Å². The van der Waals surface area contributed by atoms with Gasteiger partial charge in [-0.15, -0.1) is 30.6 Å². The van der Waals surface area contributed by atoms with Gasteiger partial charge in [0.05, 0.1) is 24.6 Å². The van der Waals surface area contributed by atoms with Gasteiger partial charge in [-0.3, -0.25) is 0 Å². The predicted molar refractivity (Wildman–Crippen MR) is 248 cm³/mol. The van der Waals surface area contributed by atoms with Crippen LogP contribution >= 0.6 is 15.9 Å². The van der Waals surface area contributed by atoms with Crippen LogP contribution in [0.15, 0.2) is 72.8 Å². The number of halogens is 1. The zero-order valence-electron chi connectivity index (χ0n) is 36.6. The summed E-state index contributed by atoms with van der Waals surface area (Å²) in [6.07, 6.45) is 4.41. The number of benzene rings is 2. The highest BCUT2D eigenvalue weighted by Crippen LogP contribution is 2.26. The summed E-state index contributed by atoms with van der Waals surface area (Å²) in [4.78, 5) is 6.78. The minimum atomic E-state index is 0.416. The van der Waals surface area contributed by atoms with Crippen LogP contribution in [-0.2, 0) is 22.6 Å². The lowest BCUT2D eigenvalue weighted by Gasteiger charge is -2.32. The molecule has 2 aliphatic heterocycles. The van der Waals surface area contributed by atoms with Gasteiger partial charge in [0.2, 0.25) is 11.3 Å². The highest BCUT2D eigenvalue weighted by Gasteiger charge is 2.22. The molecule has 328 valence electrons. The lowest BCUT2D eigenvalue weighted by molar-refractivity contribution is 0.132. The van der Waals surface area contributed by atoms with E-state index >= 15 is 0 Å². The summed E-state index contributed by atoms with van der Waals surface area (Å²) in [6.45, 7) is 12.3. The Bertz CT molecular complexity index is 2190. The van der Waals surface area contributed by atoms with Crippen molar-refractivity contribution in [2.45, 2.75) is 64.7 Å². The average Bonchev–Trinajstić information content (AvgIpc) is 3.86. The number of nitrogens with one attached hydrogen (secondary N) is 3. The van der Waals surface area contributed by atoms with Gasteiger partial charge in [0.1, 0.15) is 0 Å². The van der Waals surface area contributed by atoms with E-state index in [1.807, 2.05) is 35.0 Å². The van der Waals surface area contributed by atoms with Gasteiger partial charge in [0.15, 0.2) is 23.3 Å². The number of hydrogen-bond acceptors (Lipinski definition) is 14. The molecule has 0 amide bonds. The summed E-state index contributed by atoms with van der Waals surface area (Å²) >= 11 is 3.18. The van der Waals surface area contributed by atoms with Crippen molar-refractivity contribution in [3.8, 4) is 0 Å². The van der Waals surface area contributed by atoms with E-state index in [0.29, 0.717) is 12.1 Å². The maximum atomic E-state index is 5.21. The first-order valence-electron chi connectivity index (χ1n) is 21.2. The molecule has 4 aromatic heterocycles. The molecule has 0 radical (unpaired) electrons. The summed E-state index contributed by atoms with van der Waals surface area (Å²) < 4.78 is 13.5. The van der Waals surface area contributed by atoms with Gasteiger partial charge in [0, 0.05) is 90.6 Å². The van der Waals surface area contributed by atoms with Crippen molar-refractivity contribution in [1.82, 2.24) is 49.8 Å². The summed E-state index contributed by atoms with van der Waals surface area (Å²) in [7, 11) is 7.57. The van der Waals surface area contributed by atoms with Crippen LogP contribution in [0, 0.1) is 13.8 Å². The smallest absolute Gasteiger partial charge is 0.201 e. The van der Waals surface area contributed by atoms with E-state index in [2.05, 4.69) is 146 Å². The Morgan fingerprint density at radius 2 is 1.13 bits per heavy atom. The lowest BCUT2D eigenvalue weighted by atomic mass is 10.0. The molecule has 6 aromatic rings. The number of piperidine rings is 2. The highest BCUT2D eigenvalue weighted by atomic mass is 79.9. The predicted octanol–water partition coefficient (Wildman–Crippen LogP) is 5.85. The average molecular weight is 900 g/mol. The molecule has 0 aliphatic carbocycles. The summed E-state index contributed by atoms with van der Waals surface area (Å²) in [5, 5.41) is 38.4. The fourth-order valence-electron chi connectivity index (χ4n) is 7.41. The number of ether oxygens (including phenoxy) is 2. The molecule has 3 N–H and O–H groups in total. The Morgan fingerprint density at radius 1 is 0.672 bits per heavy atom. The number of rotatable bonds is 15. The molecule has 0 atom stereocenters. The summed E-state index contributed by atoms with van der Waals surface area (Å²) in [6, 6.07) is 25.9. The molecule has 8 rings (SSSR count). The lowest BCUT2D eigenvalue weighted by Crippen LogP contribution is -2.40. The third-order valence-corrected chi connectivity index (χ3v) is 11.2. The van der Waals surface area contributed by atoms with Gasteiger partial charge < -0.3 is 40.1 Å². The molecule has 2 aromatic carbocycles. The highest BCUT2D eigenvalue weighted by molar-refractivity contribution is 9.09. The number of likely N-dealkylation sites (tertiary alicyclic amines) is 1. The molecule has 0 bridgehead atoms. The Labute approximate surface area is 368 Å². The fraction of sp³-hybridized carbons (Fsp3) is 0.500. The van der Waals surface area contributed by atoms with Gasteiger partial charge in [0.25, 0.3) is 0 Å². The van der Waals surface area contributed by atoms with Crippen molar-refractivity contribution in [3.05, 3.63) is 95.6 Å². The Hall–Kier alpha value is -4.94. The number of methoxy groups -OCH3 is 2. The molecule has 2 aliphatic rings. The van der Waals surface area contributed by atoms with E-state index in [1.165, 1.54) is 11.1 Å². The molecule has 16 nitrogen and oxygen atoms in total. The first-order valence-corrected chi connectivity index (χ1v) is 22.3. The second kappa shape index (κ2) is 23.3. The van der Waals surface area contributed by atoms with Crippen LogP contribution in [0.25, 0.3) is 11.3 Å². The SMILES string of the molecule is COCCBr.COCCN1CCC(Nc2cc(N(C)Cc3ccccc3)nn3c(C)nnc23)CC1.Cc1nnc2c(NC3CCNCC3)cc(N(C)Cc3ccccc3)nn12. The number of aromatic nitrogens is 8. The van der Waals surface area contributed by atoms with Crippen LogP contribution in [-0.4, -0.2) is 136 Å². The molecule has 2 fully saturated rings. The summed E-state index contributed by atoms with van der Waals surface area (Å²) in [5.74, 6) is 3.38. The van der Waals surface area contributed by atoms with Crippen LogP contribution in [0.2, 0.25) is 0 Å². The van der Waals surface area contributed by atoms with Gasteiger partial charge in [-0.1, -0.05) is 76.6 Å². The number of fused-ring (bicyclic) bond motifs is 2. The normalized spacial score (nSPS) is 14.9. The fourth-order valence-corrected chi connectivity index (χ4v) is 7.73. The third kappa shape index (κ3) is 13.0. The van der Waals surface area contributed by atoms with Crippen molar-refractivity contribution in [2.75, 3.05) is 100 Å². The van der Waals surface area contributed by atoms with Gasteiger partial charge in [-0.25, -0.2) is 0 Å². The molecule has 2 saturated heterocycles. The molecule has 0 unspecified atom stereocenters. The number of aryl methyl sites for hydroxylation is 2. The number of alkyl halides is 1. The zero-order valence-corrected chi connectivity index (χ0v) is 38.2. The maximum Gasteiger partial charge on any atom is 0.201 e. The minimum Gasteiger partial charge on any atom is -0.384 e. The van der Waals surface area contributed by atoms with Crippen molar-refractivity contribution >= 4 is 50.2 Å². The number of anilines is 4. The zero-order chi connectivity index (χ0) is 43.0. The number of nitrogens with zero attached hydrogens (tertiary/aromatic N) is 11. The second-order valence-electron chi connectivity index (χ2n) is 15.6. The Kier molecular flexibility index (Phi) is 17.4. The first-order chi connectivity index (χ1) is 29.8. The van der Waals surface area contributed by atoms with E-state index in [0.717, 1.165) is 136 Å². The van der Waals surface area contributed by atoms with Gasteiger partial charge >= 0.3 is 0 Å².